The van der Waals surface area contributed by atoms with Gasteiger partial charge in [0.25, 0.3) is 0 Å². The first kappa shape index (κ1) is 20.0. The summed E-state index contributed by atoms with van der Waals surface area (Å²) in [6, 6.07) is 22.3. The summed E-state index contributed by atoms with van der Waals surface area (Å²) < 4.78 is 31.1. The number of sulfonamides is 1. The maximum atomic E-state index is 13.2. The molecule has 0 saturated carbocycles. The lowest BCUT2D eigenvalue weighted by atomic mass is 10.1. The van der Waals surface area contributed by atoms with Crippen LogP contribution in [0.1, 0.15) is 34.7 Å². The number of Topliss-reactive ketones (excluding diaryl/α,β-unsaturated/α-hetero) is 1. The maximum absolute atomic E-state index is 13.2. The van der Waals surface area contributed by atoms with Crippen LogP contribution in [0.4, 0.5) is 0 Å². The summed E-state index contributed by atoms with van der Waals surface area (Å²) in [6.45, 7) is 1.41. The lowest BCUT2D eigenvalue weighted by Gasteiger charge is -2.19. The van der Waals surface area contributed by atoms with Crippen molar-refractivity contribution in [2.45, 2.75) is 17.9 Å². The van der Waals surface area contributed by atoms with E-state index in [2.05, 4.69) is 4.72 Å². The number of nitrogens with one attached hydrogen (secondary N) is 1. The first-order valence-electron chi connectivity index (χ1n) is 9.46. The first-order valence-corrected chi connectivity index (χ1v) is 10.9. The Kier molecular flexibility index (Phi) is 5.24. The highest BCUT2D eigenvalue weighted by atomic mass is 32.2. The molecule has 0 fully saturated rings. The zero-order chi connectivity index (χ0) is 21.3. The largest absolute Gasteiger partial charge is 0.329 e. The summed E-state index contributed by atoms with van der Waals surface area (Å²) in [4.78, 5) is 16.4. The molecule has 0 saturated heterocycles. The van der Waals surface area contributed by atoms with E-state index in [0.717, 1.165) is 16.6 Å². The third-order valence-corrected chi connectivity index (χ3v) is 6.46. The Labute approximate surface area is 175 Å². The minimum absolute atomic E-state index is 0.0369. The molecule has 1 aromatic heterocycles. The van der Waals surface area contributed by atoms with Gasteiger partial charge in [0.2, 0.25) is 10.0 Å². The van der Waals surface area contributed by atoms with Crippen LogP contribution in [-0.2, 0) is 17.1 Å². The van der Waals surface area contributed by atoms with Crippen LogP contribution in [0.15, 0.2) is 83.8 Å². The predicted molar refractivity (Wildman–Crippen MR) is 116 cm³/mol. The molecule has 0 radical (unpaired) electrons. The summed E-state index contributed by atoms with van der Waals surface area (Å²) in [5.74, 6) is 0.385. The highest BCUT2D eigenvalue weighted by Gasteiger charge is 2.27. The molecule has 7 heteroatoms. The summed E-state index contributed by atoms with van der Waals surface area (Å²) >= 11 is 0. The average molecular weight is 420 g/mol. The van der Waals surface area contributed by atoms with Gasteiger partial charge in [0.1, 0.15) is 11.9 Å². The molecule has 0 aliphatic heterocycles. The molecule has 1 N–H and O–H groups in total. The van der Waals surface area contributed by atoms with E-state index < -0.39 is 16.1 Å². The molecule has 0 aliphatic carbocycles. The Morgan fingerprint density at radius 3 is 2.37 bits per heavy atom. The highest BCUT2D eigenvalue weighted by molar-refractivity contribution is 7.89. The number of fused-ring (bicyclic) bond motifs is 1. The molecule has 152 valence electrons. The standard InChI is InChI=1S/C23H21N3O3S/c1-16(27)18-11-8-12-19(15-18)30(28,29)25-22(17-9-4-3-5-10-17)23-24-20-13-6-7-14-21(20)26(23)2/h3-15,22,25H,1-2H3/t22-/m0/s1. The smallest absolute Gasteiger partial charge is 0.241 e. The monoisotopic (exact) mass is 419 g/mol. The Hall–Kier alpha value is -3.29. The minimum atomic E-state index is -3.92. The van der Waals surface area contributed by atoms with Crippen molar-refractivity contribution in [2.75, 3.05) is 0 Å². The van der Waals surface area contributed by atoms with Gasteiger partial charge in [-0.2, -0.15) is 4.72 Å². The Bertz CT molecular complexity index is 1330. The fraction of sp³-hybridized carbons (Fsp3) is 0.130. The van der Waals surface area contributed by atoms with Gasteiger partial charge in [-0.25, -0.2) is 13.4 Å². The Morgan fingerprint density at radius 2 is 1.67 bits per heavy atom. The fourth-order valence-electron chi connectivity index (χ4n) is 3.44. The van der Waals surface area contributed by atoms with E-state index in [1.54, 1.807) is 12.1 Å². The molecule has 1 heterocycles. The zero-order valence-corrected chi connectivity index (χ0v) is 17.4. The summed E-state index contributed by atoms with van der Waals surface area (Å²) in [6.07, 6.45) is 0. The number of imidazole rings is 1. The van der Waals surface area contributed by atoms with Gasteiger partial charge >= 0.3 is 0 Å². The number of aryl methyl sites for hydroxylation is 1. The number of carbonyl (C=O) groups excluding carboxylic acids is 1. The number of rotatable bonds is 6. The molecular formula is C23H21N3O3S. The van der Waals surface area contributed by atoms with E-state index in [4.69, 9.17) is 4.98 Å². The molecule has 0 amide bonds. The number of aromatic nitrogens is 2. The van der Waals surface area contributed by atoms with Gasteiger partial charge in [0.15, 0.2) is 5.78 Å². The molecule has 0 unspecified atom stereocenters. The van der Waals surface area contributed by atoms with Crippen LogP contribution in [0, 0.1) is 0 Å². The number of nitrogens with zero attached hydrogens (tertiary/aromatic N) is 2. The van der Waals surface area contributed by atoms with Gasteiger partial charge in [-0.05, 0) is 36.8 Å². The van der Waals surface area contributed by atoms with Crippen molar-refractivity contribution in [1.82, 2.24) is 14.3 Å². The zero-order valence-electron chi connectivity index (χ0n) is 16.6. The molecule has 4 rings (SSSR count). The van der Waals surface area contributed by atoms with E-state index in [0.29, 0.717) is 11.4 Å². The lowest BCUT2D eigenvalue weighted by molar-refractivity contribution is 0.101. The van der Waals surface area contributed by atoms with Crippen LogP contribution in [0.3, 0.4) is 0 Å². The highest BCUT2D eigenvalue weighted by Crippen LogP contribution is 2.27. The maximum Gasteiger partial charge on any atom is 0.241 e. The van der Waals surface area contributed by atoms with Crippen molar-refractivity contribution in [2.24, 2.45) is 7.05 Å². The Morgan fingerprint density at radius 1 is 0.967 bits per heavy atom. The average Bonchev–Trinajstić information content (AvgIpc) is 3.09. The quantitative estimate of drug-likeness (QED) is 0.482. The van der Waals surface area contributed by atoms with Crippen LogP contribution in [0.2, 0.25) is 0 Å². The Balaban J connectivity index is 1.82. The first-order chi connectivity index (χ1) is 14.4. The van der Waals surface area contributed by atoms with E-state index >= 15 is 0 Å². The van der Waals surface area contributed by atoms with E-state index in [-0.39, 0.29) is 10.7 Å². The number of hydrogen-bond acceptors (Lipinski definition) is 4. The minimum Gasteiger partial charge on any atom is -0.329 e. The molecule has 6 nitrogen and oxygen atoms in total. The van der Waals surface area contributed by atoms with Crippen molar-refractivity contribution >= 4 is 26.8 Å². The summed E-state index contributed by atoms with van der Waals surface area (Å²) in [5.41, 5.74) is 2.80. The van der Waals surface area contributed by atoms with Crippen molar-refractivity contribution in [3.05, 3.63) is 95.8 Å². The van der Waals surface area contributed by atoms with Crippen LogP contribution < -0.4 is 4.72 Å². The van der Waals surface area contributed by atoms with Gasteiger partial charge < -0.3 is 4.57 Å². The fourth-order valence-corrected chi connectivity index (χ4v) is 4.67. The van der Waals surface area contributed by atoms with Gasteiger partial charge in [-0.15, -0.1) is 0 Å². The molecular weight excluding hydrogens is 398 g/mol. The van der Waals surface area contributed by atoms with Gasteiger partial charge in [-0.1, -0.05) is 54.6 Å². The lowest BCUT2D eigenvalue weighted by Crippen LogP contribution is -2.31. The van der Waals surface area contributed by atoms with Gasteiger partial charge in [-0.3, -0.25) is 4.79 Å². The predicted octanol–water partition coefficient (Wildman–Crippen LogP) is 3.84. The molecule has 0 bridgehead atoms. The van der Waals surface area contributed by atoms with Crippen LogP contribution in [0.25, 0.3) is 11.0 Å². The van der Waals surface area contributed by atoms with Crippen molar-refractivity contribution in [1.29, 1.82) is 0 Å². The molecule has 1 atom stereocenters. The molecule has 4 aromatic rings. The van der Waals surface area contributed by atoms with E-state index in [1.165, 1.54) is 19.1 Å². The molecule has 30 heavy (non-hydrogen) atoms. The van der Waals surface area contributed by atoms with Gasteiger partial charge in [0, 0.05) is 12.6 Å². The summed E-state index contributed by atoms with van der Waals surface area (Å²) in [5, 5.41) is 0. The van der Waals surface area contributed by atoms with Crippen molar-refractivity contribution < 1.29 is 13.2 Å². The topological polar surface area (TPSA) is 81.1 Å². The second-order valence-electron chi connectivity index (χ2n) is 7.07. The number of benzene rings is 3. The van der Waals surface area contributed by atoms with Gasteiger partial charge in [0.05, 0.1) is 15.9 Å². The number of ketones is 1. The third kappa shape index (κ3) is 3.77. The second kappa shape index (κ2) is 7.85. The summed E-state index contributed by atoms with van der Waals surface area (Å²) in [7, 11) is -2.06. The number of hydrogen-bond donors (Lipinski definition) is 1. The van der Waals surface area contributed by atoms with E-state index in [1.807, 2.05) is 66.2 Å². The molecule has 0 aliphatic rings. The third-order valence-electron chi connectivity index (χ3n) is 5.04. The van der Waals surface area contributed by atoms with E-state index in [9.17, 15) is 13.2 Å². The van der Waals surface area contributed by atoms with Crippen LogP contribution >= 0.6 is 0 Å². The second-order valence-corrected chi connectivity index (χ2v) is 8.78. The number of carbonyl (C=O) groups is 1. The SMILES string of the molecule is CC(=O)c1cccc(S(=O)(=O)N[C@@H](c2ccccc2)c2nc3ccccc3n2C)c1. The van der Waals surface area contributed by atoms with Crippen LogP contribution in [0.5, 0.6) is 0 Å². The molecule has 3 aromatic carbocycles. The normalized spacial score (nSPS) is 12.7. The van der Waals surface area contributed by atoms with Crippen molar-refractivity contribution in [3.63, 3.8) is 0 Å². The van der Waals surface area contributed by atoms with Crippen LogP contribution in [-0.4, -0.2) is 23.8 Å². The number of para-hydroxylation sites is 2. The molecule has 0 spiro atoms. The van der Waals surface area contributed by atoms with Crippen molar-refractivity contribution in [3.8, 4) is 0 Å².